The van der Waals surface area contributed by atoms with Gasteiger partial charge in [-0.2, -0.15) is 0 Å². The van der Waals surface area contributed by atoms with Crippen molar-refractivity contribution in [3.8, 4) is 0 Å². The average Bonchev–Trinajstić information content (AvgIpc) is 3.07. The van der Waals surface area contributed by atoms with E-state index in [9.17, 15) is 5.11 Å². The zero-order valence-corrected chi connectivity index (χ0v) is 22.7. The van der Waals surface area contributed by atoms with E-state index in [1.165, 1.54) is 49.7 Å². The van der Waals surface area contributed by atoms with E-state index in [1.807, 2.05) is 0 Å². The molecule has 0 spiro atoms. The Bertz CT molecular complexity index is 784. The van der Waals surface area contributed by atoms with Crippen LogP contribution in [-0.2, 0) is 0 Å². The molecule has 9 atom stereocenters. The zero-order chi connectivity index (χ0) is 23.7. The van der Waals surface area contributed by atoms with E-state index in [2.05, 4.69) is 74.5 Å². The van der Waals surface area contributed by atoms with Gasteiger partial charge in [0.15, 0.2) is 0 Å². The molecule has 1 N–H and O–H groups in total. The summed E-state index contributed by atoms with van der Waals surface area (Å²) in [4.78, 5) is 0. The zero-order valence-electron chi connectivity index (χ0n) is 22.7. The highest BCUT2D eigenvalue weighted by Crippen LogP contribution is 2.75. The lowest BCUT2D eigenvalue weighted by Gasteiger charge is -2.70. The maximum Gasteiger partial charge on any atom is 0.0582 e. The minimum absolute atomic E-state index is 0.143. The number of hydrogen-bond donors (Lipinski definition) is 1. The van der Waals surface area contributed by atoms with Gasteiger partial charge in [0.2, 0.25) is 0 Å². The van der Waals surface area contributed by atoms with Crippen LogP contribution in [0.1, 0.15) is 114 Å². The molecule has 0 saturated heterocycles. The molecule has 4 aliphatic rings. The largest absolute Gasteiger partial charge is 0.393 e. The van der Waals surface area contributed by atoms with Crippen LogP contribution in [0.4, 0.5) is 0 Å². The van der Waals surface area contributed by atoms with Crippen LogP contribution in [0.2, 0.25) is 0 Å². The quantitative estimate of drug-likeness (QED) is 0.436. The van der Waals surface area contributed by atoms with Crippen molar-refractivity contribution in [3.05, 3.63) is 23.3 Å². The summed E-state index contributed by atoms with van der Waals surface area (Å²) in [7, 11) is 0. The van der Waals surface area contributed by atoms with Gasteiger partial charge in [-0.05, 0) is 123 Å². The third-order valence-electron chi connectivity index (χ3n) is 12.5. The van der Waals surface area contributed by atoms with Crippen LogP contribution in [0, 0.1) is 51.2 Å². The van der Waals surface area contributed by atoms with Crippen molar-refractivity contribution in [1.82, 2.24) is 0 Å². The van der Waals surface area contributed by atoms with E-state index in [-0.39, 0.29) is 11.5 Å². The van der Waals surface area contributed by atoms with Gasteiger partial charge in [-0.3, -0.25) is 0 Å². The fourth-order valence-corrected chi connectivity index (χ4v) is 10.1. The fourth-order valence-electron chi connectivity index (χ4n) is 10.1. The van der Waals surface area contributed by atoms with Gasteiger partial charge in [0.1, 0.15) is 0 Å². The molecule has 0 aromatic carbocycles. The standard InChI is InChI=1S/C31H52O/c1-20(2)11-10-12-21(3)23-14-17-31(9)27(23)24(32)19-26-29(7)16-13-22(4)28(5,6)25(29)15-18-30(26,31)8/h11-12,22-27,32H,10,13-19H2,1-9H3/b21-12+/t22-,23?,24+,25?,26?,27?,29-,30+,31+/m0/s1. The Morgan fingerprint density at radius 2 is 1.50 bits per heavy atom. The molecule has 4 aliphatic carbocycles. The molecule has 0 heterocycles. The summed E-state index contributed by atoms with van der Waals surface area (Å²) in [6, 6.07) is 0. The van der Waals surface area contributed by atoms with E-state index in [0.29, 0.717) is 34.0 Å². The van der Waals surface area contributed by atoms with Gasteiger partial charge in [-0.25, -0.2) is 0 Å². The minimum Gasteiger partial charge on any atom is -0.393 e. The van der Waals surface area contributed by atoms with Gasteiger partial charge in [-0.15, -0.1) is 0 Å². The lowest BCUT2D eigenvalue weighted by atomic mass is 9.34. The van der Waals surface area contributed by atoms with Gasteiger partial charge in [0.05, 0.1) is 6.10 Å². The third-order valence-corrected chi connectivity index (χ3v) is 12.5. The van der Waals surface area contributed by atoms with E-state index in [1.54, 1.807) is 0 Å². The molecule has 0 aromatic heterocycles. The third kappa shape index (κ3) is 3.34. The molecular weight excluding hydrogens is 388 g/mol. The number of aliphatic hydroxyl groups is 1. The molecule has 1 nitrogen and oxygen atoms in total. The molecule has 0 radical (unpaired) electrons. The molecule has 1 heteroatoms. The molecule has 0 bridgehead atoms. The Morgan fingerprint density at radius 1 is 0.844 bits per heavy atom. The molecule has 0 aliphatic heterocycles. The van der Waals surface area contributed by atoms with E-state index >= 15 is 0 Å². The first kappa shape index (κ1) is 24.6. The summed E-state index contributed by atoms with van der Waals surface area (Å²) in [5, 5.41) is 11.8. The van der Waals surface area contributed by atoms with Crippen molar-refractivity contribution < 1.29 is 5.11 Å². The van der Waals surface area contributed by atoms with Crippen LogP contribution in [-0.4, -0.2) is 11.2 Å². The van der Waals surface area contributed by atoms with Crippen molar-refractivity contribution in [2.24, 2.45) is 51.2 Å². The molecule has 4 fully saturated rings. The Labute approximate surface area is 199 Å². The van der Waals surface area contributed by atoms with Crippen molar-refractivity contribution in [2.75, 3.05) is 0 Å². The van der Waals surface area contributed by atoms with Crippen molar-refractivity contribution in [1.29, 1.82) is 0 Å². The summed E-state index contributed by atoms with van der Waals surface area (Å²) in [5.41, 5.74) is 4.34. The summed E-state index contributed by atoms with van der Waals surface area (Å²) < 4.78 is 0. The summed E-state index contributed by atoms with van der Waals surface area (Å²) in [5.74, 6) is 3.26. The number of allylic oxidation sites excluding steroid dienone is 4. The summed E-state index contributed by atoms with van der Waals surface area (Å²) >= 11 is 0. The molecule has 0 aromatic rings. The maximum absolute atomic E-state index is 11.8. The predicted molar refractivity (Wildman–Crippen MR) is 137 cm³/mol. The molecule has 4 unspecified atom stereocenters. The van der Waals surface area contributed by atoms with Gasteiger partial charge < -0.3 is 5.11 Å². The van der Waals surface area contributed by atoms with Crippen LogP contribution in [0.5, 0.6) is 0 Å². The number of hydrogen-bond acceptors (Lipinski definition) is 1. The van der Waals surface area contributed by atoms with Crippen molar-refractivity contribution in [2.45, 2.75) is 120 Å². The maximum atomic E-state index is 11.8. The Balaban J connectivity index is 1.67. The number of fused-ring (bicyclic) bond motifs is 5. The first-order valence-electron chi connectivity index (χ1n) is 13.8. The van der Waals surface area contributed by atoms with Gasteiger partial charge in [0.25, 0.3) is 0 Å². The van der Waals surface area contributed by atoms with Gasteiger partial charge >= 0.3 is 0 Å². The highest BCUT2D eigenvalue weighted by atomic mass is 16.3. The van der Waals surface area contributed by atoms with Gasteiger partial charge in [-0.1, -0.05) is 64.8 Å². The summed E-state index contributed by atoms with van der Waals surface area (Å²) in [6.07, 6.45) is 14.7. The first-order valence-corrected chi connectivity index (χ1v) is 13.8. The van der Waals surface area contributed by atoms with Crippen molar-refractivity contribution in [3.63, 3.8) is 0 Å². The SMILES string of the molecule is CC(C)=CC/C=C(\C)C1CC[C@]2(C)C1[C@H](O)CC1[C@@]3(C)CC[C@H](C)C(C)(C)C3CC[C@]12C. The first-order chi connectivity index (χ1) is 14.8. The van der Waals surface area contributed by atoms with E-state index in [4.69, 9.17) is 0 Å². The second kappa shape index (κ2) is 8.00. The van der Waals surface area contributed by atoms with Crippen LogP contribution >= 0.6 is 0 Å². The highest BCUT2D eigenvalue weighted by Gasteiger charge is 2.69. The topological polar surface area (TPSA) is 20.2 Å². The van der Waals surface area contributed by atoms with Crippen LogP contribution < -0.4 is 0 Å². The second-order valence-corrected chi connectivity index (χ2v) is 14.2. The molecule has 4 rings (SSSR count). The summed E-state index contributed by atoms with van der Waals surface area (Å²) in [6.45, 7) is 22.2. The average molecular weight is 441 g/mol. The van der Waals surface area contributed by atoms with Gasteiger partial charge in [0, 0.05) is 0 Å². The smallest absolute Gasteiger partial charge is 0.0582 e. The normalized spacial score (nSPS) is 50.2. The van der Waals surface area contributed by atoms with E-state index < -0.39 is 0 Å². The van der Waals surface area contributed by atoms with Crippen LogP contribution in [0.25, 0.3) is 0 Å². The molecule has 0 amide bonds. The monoisotopic (exact) mass is 440 g/mol. The second-order valence-electron chi connectivity index (χ2n) is 14.2. The number of aliphatic hydroxyl groups excluding tert-OH is 1. The molecule has 4 saturated carbocycles. The minimum atomic E-state index is -0.143. The Morgan fingerprint density at radius 3 is 2.16 bits per heavy atom. The molecule has 182 valence electrons. The Hall–Kier alpha value is -0.560. The van der Waals surface area contributed by atoms with Crippen molar-refractivity contribution >= 4 is 0 Å². The lowest BCUT2D eigenvalue weighted by Crippen LogP contribution is -2.65. The molecule has 32 heavy (non-hydrogen) atoms. The number of rotatable bonds is 3. The van der Waals surface area contributed by atoms with Crippen LogP contribution in [0.3, 0.4) is 0 Å². The van der Waals surface area contributed by atoms with Crippen LogP contribution in [0.15, 0.2) is 23.3 Å². The Kier molecular flexibility index (Phi) is 6.14. The lowest BCUT2D eigenvalue weighted by molar-refractivity contribution is -0.233. The van der Waals surface area contributed by atoms with E-state index in [0.717, 1.165) is 24.7 Å². The highest BCUT2D eigenvalue weighted by molar-refractivity contribution is 5.22. The molecular formula is C31H52O. The fraction of sp³-hybridized carbons (Fsp3) is 0.871. The predicted octanol–water partition coefficient (Wildman–Crippen LogP) is 8.58.